The van der Waals surface area contributed by atoms with Crippen LogP contribution in [0, 0.1) is 5.92 Å². The molecule has 2 N–H and O–H groups in total. The highest BCUT2D eigenvalue weighted by atomic mass is 32.2. The Morgan fingerprint density at radius 1 is 1.10 bits per heavy atom. The van der Waals surface area contributed by atoms with Crippen LogP contribution in [0.5, 0.6) is 0 Å². The number of hydrogen-bond donors (Lipinski definition) is 1. The Balaban J connectivity index is 1.62. The molecule has 0 aromatic rings. The monoisotopic (exact) mass is 460 g/mol. The van der Waals surface area contributed by atoms with Crippen LogP contribution in [0.4, 0.5) is 4.79 Å². The van der Waals surface area contributed by atoms with Gasteiger partial charge in [0.2, 0.25) is 6.79 Å². The Labute approximate surface area is 188 Å². The van der Waals surface area contributed by atoms with Crippen LogP contribution >= 0.6 is 11.8 Å². The van der Waals surface area contributed by atoms with Crippen molar-refractivity contribution in [2.75, 3.05) is 46.2 Å². The molecule has 1 atom stereocenters. The molecule has 0 radical (unpaired) electrons. The van der Waals surface area contributed by atoms with Crippen LogP contribution in [0.15, 0.2) is 0 Å². The zero-order valence-electron chi connectivity index (χ0n) is 18.6. The first kappa shape index (κ1) is 25.9. The molecule has 2 fully saturated rings. The zero-order chi connectivity index (χ0) is 22.7. The average Bonchev–Trinajstić information content (AvgIpc) is 2.77. The SMILES string of the molecule is CC(C)(SC(=O)OCOC(=O)C1CCCCC1)[C@@H](N)C(=O)OCCCN1CCOCC1. The van der Waals surface area contributed by atoms with Crippen molar-refractivity contribution in [3.63, 3.8) is 0 Å². The molecule has 0 amide bonds. The summed E-state index contributed by atoms with van der Waals surface area (Å²) in [6, 6.07) is -1.00. The normalized spacial score (nSPS) is 19.5. The summed E-state index contributed by atoms with van der Waals surface area (Å²) in [6.07, 6.45) is 5.52. The molecule has 1 aliphatic heterocycles. The summed E-state index contributed by atoms with van der Waals surface area (Å²) in [5.74, 6) is -0.992. The van der Waals surface area contributed by atoms with Gasteiger partial charge in [-0.2, -0.15) is 0 Å². The molecule has 1 aliphatic carbocycles. The largest absolute Gasteiger partial charge is 0.464 e. The van der Waals surface area contributed by atoms with Crippen LogP contribution in [0.25, 0.3) is 0 Å². The Morgan fingerprint density at radius 2 is 1.77 bits per heavy atom. The number of thioether (sulfide) groups is 1. The van der Waals surface area contributed by atoms with Crippen LogP contribution in [0.2, 0.25) is 0 Å². The number of ether oxygens (including phenoxy) is 4. The summed E-state index contributed by atoms with van der Waals surface area (Å²) in [5, 5.41) is -0.656. The smallest absolute Gasteiger partial charge is 0.370 e. The van der Waals surface area contributed by atoms with Crippen molar-refractivity contribution in [1.29, 1.82) is 0 Å². The Kier molecular flexibility index (Phi) is 11.1. The third-order valence-electron chi connectivity index (χ3n) is 5.63. The van der Waals surface area contributed by atoms with E-state index >= 15 is 0 Å². The van der Waals surface area contributed by atoms with Gasteiger partial charge in [-0.25, -0.2) is 4.79 Å². The van der Waals surface area contributed by atoms with E-state index in [4.69, 9.17) is 24.7 Å². The molecule has 10 heteroatoms. The first-order valence-electron chi connectivity index (χ1n) is 11.0. The lowest BCUT2D eigenvalue weighted by Crippen LogP contribution is -2.48. The minimum atomic E-state index is -1.00. The number of nitrogens with zero attached hydrogens (tertiary/aromatic N) is 1. The molecule has 0 unspecified atom stereocenters. The molecule has 1 heterocycles. The summed E-state index contributed by atoms with van der Waals surface area (Å²) in [5.41, 5.74) is 6.03. The highest BCUT2D eigenvalue weighted by Crippen LogP contribution is 2.30. The lowest BCUT2D eigenvalue weighted by Gasteiger charge is -2.28. The second-order valence-corrected chi connectivity index (χ2v) is 10.1. The van der Waals surface area contributed by atoms with Gasteiger partial charge in [-0.1, -0.05) is 19.3 Å². The molecule has 2 rings (SSSR count). The first-order chi connectivity index (χ1) is 14.8. The van der Waals surface area contributed by atoms with Gasteiger partial charge in [-0.3, -0.25) is 14.5 Å². The third kappa shape index (κ3) is 9.34. The van der Waals surface area contributed by atoms with Crippen LogP contribution in [0.3, 0.4) is 0 Å². The van der Waals surface area contributed by atoms with Crippen molar-refractivity contribution in [2.45, 2.75) is 63.2 Å². The highest BCUT2D eigenvalue weighted by molar-refractivity contribution is 8.14. The minimum Gasteiger partial charge on any atom is -0.464 e. The summed E-state index contributed by atoms with van der Waals surface area (Å²) in [7, 11) is 0. The van der Waals surface area contributed by atoms with E-state index in [0.717, 1.165) is 76.7 Å². The molecule has 0 bridgehead atoms. The van der Waals surface area contributed by atoms with Gasteiger partial charge in [0.15, 0.2) is 0 Å². The lowest BCUT2D eigenvalue weighted by atomic mass is 9.89. The highest BCUT2D eigenvalue weighted by Gasteiger charge is 2.37. The number of esters is 2. The Morgan fingerprint density at radius 3 is 2.45 bits per heavy atom. The first-order valence-corrected chi connectivity index (χ1v) is 11.9. The molecule has 31 heavy (non-hydrogen) atoms. The molecule has 178 valence electrons. The molecule has 1 saturated heterocycles. The van der Waals surface area contributed by atoms with E-state index in [1.165, 1.54) is 0 Å². The van der Waals surface area contributed by atoms with E-state index in [0.29, 0.717) is 6.42 Å². The van der Waals surface area contributed by atoms with Gasteiger partial charge in [0.25, 0.3) is 0 Å². The van der Waals surface area contributed by atoms with Gasteiger partial charge >= 0.3 is 17.2 Å². The number of nitrogens with two attached hydrogens (primary N) is 1. The number of rotatable bonds is 10. The molecule has 0 aromatic heterocycles. The van der Waals surface area contributed by atoms with E-state index < -0.39 is 28.9 Å². The molecule has 0 spiro atoms. The second kappa shape index (κ2) is 13.2. The summed E-state index contributed by atoms with van der Waals surface area (Å²) in [4.78, 5) is 38.6. The fourth-order valence-electron chi connectivity index (χ4n) is 3.56. The summed E-state index contributed by atoms with van der Waals surface area (Å²) in [6.45, 7) is 7.24. The van der Waals surface area contributed by atoms with Gasteiger partial charge in [0.05, 0.1) is 25.7 Å². The molecule has 1 saturated carbocycles. The third-order valence-corrected chi connectivity index (χ3v) is 6.70. The van der Waals surface area contributed by atoms with Crippen LogP contribution in [-0.2, 0) is 28.5 Å². The lowest BCUT2D eigenvalue weighted by molar-refractivity contribution is -0.157. The quantitative estimate of drug-likeness (QED) is 0.296. The van der Waals surface area contributed by atoms with Gasteiger partial charge in [0, 0.05) is 24.4 Å². The minimum absolute atomic E-state index is 0.108. The molecule has 0 aromatic carbocycles. The van der Waals surface area contributed by atoms with Gasteiger partial charge in [0.1, 0.15) is 6.04 Å². The van der Waals surface area contributed by atoms with Gasteiger partial charge in [-0.05, 0) is 44.9 Å². The fourth-order valence-corrected chi connectivity index (χ4v) is 4.32. The van der Waals surface area contributed by atoms with E-state index in [-0.39, 0.29) is 18.5 Å². The number of hydrogen-bond acceptors (Lipinski definition) is 10. The predicted octanol–water partition coefficient (Wildman–Crippen LogP) is 2.31. The van der Waals surface area contributed by atoms with Crippen molar-refractivity contribution in [3.05, 3.63) is 0 Å². The van der Waals surface area contributed by atoms with E-state index in [2.05, 4.69) is 4.90 Å². The van der Waals surface area contributed by atoms with E-state index in [1.54, 1.807) is 13.8 Å². The molecule has 9 nitrogen and oxygen atoms in total. The maximum Gasteiger partial charge on any atom is 0.370 e. The van der Waals surface area contributed by atoms with Crippen molar-refractivity contribution < 1.29 is 33.3 Å². The van der Waals surface area contributed by atoms with Gasteiger partial charge < -0.3 is 24.7 Å². The number of carbonyl (C=O) groups is 3. The Bertz CT molecular complexity index is 590. The van der Waals surface area contributed by atoms with Gasteiger partial charge in [-0.15, -0.1) is 0 Å². The van der Waals surface area contributed by atoms with E-state index in [9.17, 15) is 14.4 Å². The maximum absolute atomic E-state index is 12.3. The van der Waals surface area contributed by atoms with Crippen molar-refractivity contribution in [3.8, 4) is 0 Å². The molecule has 2 aliphatic rings. The van der Waals surface area contributed by atoms with E-state index in [1.807, 2.05) is 0 Å². The topological polar surface area (TPSA) is 117 Å². The zero-order valence-corrected chi connectivity index (χ0v) is 19.5. The molecular weight excluding hydrogens is 424 g/mol. The average molecular weight is 461 g/mol. The van der Waals surface area contributed by atoms with Crippen LogP contribution in [0.1, 0.15) is 52.4 Å². The Hall–Kier alpha value is -1.36. The van der Waals surface area contributed by atoms with Crippen molar-refractivity contribution >= 4 is 29.0 Å². The fraction of sp³-hybridized carbons (Fsp3) is 0.857. The number of carbonyl (C=O) groups excluding carboxylic acids is 3. The van der Waals surface area contributed by atoms with Crippen molar-refractivity contribution in [1.82, 2.24) is 4.90 Å². The molecular formula is C21H36N2O7S. The van der Waals surface area contributed by atoms with Crippen LogP contribution < -0.4 is 5.73 Å². The van der Waals surface area contributed by atoms with Crippen molar-refractivity contribution in [2.24, 2.45) is 11.7 Å². The number of morpholine rings is 1. The standard InChI is InChI=1S/C21H36N2O7S/c1-21(2,17(22)19(25)28-12-6-9-23-10-13-27-14-11-23)31-20(26)30-15-29-18(24)16-7-4-3-5-8-16/h16-17H,3-15,22H2,1-2H3/t17-/m0/s1. The summed E-state index contributed by atoms with van der Waals surface area (Å²) < 4.78 is 19.7. The summed E-state index contributed by atoms with van der Waals surface area (Å²) >= 11 is 0.787. The predicted molar refractivity (Wildman–Crippen MR) is 116 cm³/mol. The van der Waals surface area contributed by atoms with Crippen LogP contribution in [-0.4, -0.2) is 79.2 Å². The second-order valence-electron chi connectivity index (χ2n) is 8.47. The maximum atomic E-state index is 12.3.